The maximum Gasteiger partial charge on any atom is 0.329 e. The van der Waals surface area contributed by atoms with Crippen LogP contribution in [0.15, 0.2) is 0 Å². The maximum atomic E-state index is 11.2. The monoisotopic (exact) mass is 215 g/mol. The van der Waals surface area contributed by atoms with Gasteiger partial charge in [-0.3, -0.25) is 4.79 Å². The molecule has 0 saturated heterocycles. The highest BCUT2D eigenvalue weighted by molar-refractivity contribution is 5.86. The summed E-state index contributed by atoms with van der Waals surface area (Å²) in [4.78, 5) is 22.1. The predicted octanol–water partition coefficient (Wildman–Crippen LogP) is 0.535. The van der Waals surface area contributed by atoms with Gasteiger partial charge in [0, 0.05) is 14.0 Å². The molecule has 5 heteroatoms. The highest BCUT2D eigenvalue weighted by atomic mass is 16.5. The van der Waals surface area contributed by atoms with Gasteiger partial charge in [-0.05, 0) is 25.7 Å². The lowest BCUT2D eigenvalue weighted by Gasteiger charge is -2.36. The molecule has 1 amide bonds. The van der Waals surface area contributed by atoms with E-state index < -0.39 is 11.5 Å². The molecule has 0 heterocycles. The van der Waals surface area contributed by atoms with Crippen LogP contribution in [0.5, 0.6) is 0 Å². The fourth-order valence-corrected chi connectivity index (χ4v) is 2.05. The number of hydrogen-bond acceptors (Lipinski definition) is 3. The number of aliphatic carboxylic acids is 1. The largest absolute Gasteiger partial charge is 0.480 e. The van der Waals surface area contributed by atoms with Crippen molar-refractivity contribution < 1.29 is 19.4 Å². The number of methoxy groups -OCH3 is 1. The zero-order valence-electron chi connectivity index (χ0n) is 9.08. The Hall–Kier alpha value is -1.10. The summed E-state index contributed by atoms with van der Waals surface area (Å²) in [5.74, 6) is -1.25. The zero-order chi connectivity index (χ0) is 11.5. The van der Waals surface area contributed by atoms with Crippen LogP contribution in [0.3, 0.4) is 0 Å². The van der Waals surface area contributed by atoms with Crippen molar-refractivity contribution in [1.29, 1.82) is 0 Å². The first kappa shape index (κ1) is 12.0. The predicted molar refractivity (Wildman–Crippen MR) is 53.4 cm³/mol. The number of nitrogens with one attached hydrogen (secondary N) is 1. The molecule has 1 saturated carbocycles. The van der Waals surface area contributed by atoms with Crippen LogP contribution >= 0.6 is 0 Å². The molecule has 2 N–H and O–H groups in total. The average Bonchev–Trinajstić information content (AvgIpc) is 2.17. The van der Waals surface area contributed by atoms with E-state index in [0.29, 0.717) is 25.7 Å². The summed E-state index contributed by atoms with van der Waals surface area (Å²) in [6, 6.07) is 0. The second-order valence-corrected chi connectivity index (χ2v) is 4.00. The first-order valence-electron chi connectivity index (χ1n) is 5.05. The second kappa shape index (κ2) is 4.61. The third-order valence-electron chi connectivity index (χ3n) is 2.94. The summed E-state index contributed by atoms with van der Waals surface area (Å²) in [6.07, 6.45) is 2.32. The Kier molecular flexibility index (Phi) is 3.68. The normalized spacial score (nSPS) is 30.9. The molecule has 0 aliphatic heterocycles. The fraction of sp³-hybridized carbons (Fsp3) is 0.800. The van der Waals surface area contributed by atoms with E-state index in [1.165, 1.54) is 6.92 Å². The Morgan fingerprint density at radius 3 is 2.27 bits per heavy atom. The molecule has 0 atom stereocenters. The quantitative estimate of drug-likeness (QED) is 0.720. The minimum Gasteiger partial charge on any atom is -0.480 e. The summed E-state index contributed by atoms with van der Waals surface area (Å²) in [5, 5.41) is 11.7. The van der Waals surface area contributed by atoms with Crippen molar-refractivity contribution in [2.45, 2.75) is 44.2 Å². The summed E-state index contributed by atoms with van der Waals surface area (Å²) in [5.41, 5.74) is -1.08. The van der Waals surface area contributed by atoms with Gasteiger partial charge in [-0.1, -0.05) is 0 Å². The topological polar surface area (TPSA) is 75.6 Å². The van der Waals surface area contributed by atoms with Crippen LogP contribution in [0.4, 0.5) is 0 Å². The zero-order valence-corrected chi connectivity index (χ0v) is 9.08. The summed E-state index contributed by atoms with van der Waals surface area (Å²) >= 11 is 0. The van der Waals surface area contributed by atoms with Gasteiger partial charge in [-0.25, -0.2) is 4.79 Å². The molecular weight excluding hydrogens is 198 g/mol. The van der Waals surface area contributed by atoms with E-state index in [-0.39, 0.29) is 12.0 Å². The Labute approximate surface area is 88.8 Å². The molecule has 0 aromatic carbocycles. The Bertz CT molecular complexity index is 256. The smallest absolute Gasteiger partial charge is 0.329 e. The van der Waals surface area contributed by atoms with Gasteiger partial charge in [0.1, 0.15) is 5.54 Å². The lowest BCUT2D eigenvalue weighted by atomic mass is 9.80. The van der Waals surface area contributed by atoms with E-state index in [4.69, 9.17) is 9.84 Å². The van der Waals surface area contributed by atoms with Crippen molar-refractivity contribution in [2.75, 3.05) is 7.11 Å². The number of amides is 1. The van der Waals surface area contributed by atoms with Crippen LogP contribution in [0.2, 0.25) is 0 Å². The minimum atomic E-state index is -1.08. The van der Waals surface area contributed by atoms with Crippen LogP contribution < -0.4 is 5.32 Å². The second-order valence-electron chi connectivity index (χ2n) is 4.00. The number of ether oxygens (including phenoxy) is 1. The van der Waals surface area contributed by atoms with E-state index in [1.54, 1.807) is 7.11 Å². The van der Waals surface area contributed by atoms with Crippen molar-refractivity contribution in [3.63, 3.8) is 0 Å². The summed E-state index contributed by atoms with van der Waals surface area (Å²) < 4.78 is 5.16. The SMILES string of the molecule is CO[C@H]1CC[C@](NC(C)=O)(C(=O)O)CC1. The van der Waals surface area contributed by atoms with Crippen molar-refractivity contribution in [3.8, 4) is 0 Å². The standard InChI is InChI=1S/C10H17NO4/c1-7(12)11-10(9(13)14)5-3-8(15-2)4-6-10/h8H,3-6H2,1-2H3,(H,11,12)(H,13,14)/t8-,10+. The average molecular weight is 215 g/mol. The number of carboxylic acid groups (broad SMARTS) is 1. The molecule has 0 aromatic rings. The van der Waals surface area contributed by atoms with Crippen LogP contribution in [0.25, 0.3) is 0 Å². The van der Waals surface area contributed by atoms with E-state index in [0.717, 1.165) is 0 Å². The molecule has 5 nitrogen and oxygen atoms in total. The van der Waals surface area contributed by atoms with Crippen molar-refractivity contribution in [2.24, 2.45) is 0 Å². The van der Waals surface area contributed by atoms with Gasteiger partial charge in [0.2, 0.25) is 5.91 Å². The highest BCUT2D eigenvalue weighted by Gasteiger charge is 2.42. The van der Waals surface area contributed by atoms with Gasteiger partial charge < -0.3 is 15.2 Å². The fourth-order valence-electron chi connectivity index (χ4n) is 2.05. The minimum absolute atomic E-state index is 0.117. The molecular formula is C10H17NO4. The highest BCUT2D eigenvalue weighted by Crippen LogP contribution is 2.30. The third kappa shape index (κ3) is 2.68. The molecule has 0 spiro atoms. The van der Waals surface area contributed by atoms with E-state index >= 15 is 0 Å². The molecule has 0 aromatic heterocycles. The van der Waals surface area contributed by atoms with E-state index in [9.17, 15) is 9.59 Å². The summed E-state index contributed by atoms with van der Waals surface area (Å²) in [6.45, 7) is 1.34. The van der Waals surface area contributed by atoms with Crippen molar-refractivity contribution >= 4 is 11.9 Å². The Balaban J connectivity index is 2.69. The van der Waals surface area contributed by atoms with E-state index in [2.05, 4.69) is 5.32 Å². The summed E-state index contributed by atoms with van der Waals surface area (Å²) in [7, 11) is 1.62. The number of hydrogen-bond donors (Lipinski definition) is 2. The van der Waals surface area contributed by atoms with Gasteiger partial charge in [0.15, 0.2) is 0 Å². The van der Waals surface area contributed by atoms with E-state index in [1.807, 2.05) is 0 Å². The first-order valence-corrected chi connectivity index (χ1v) is 5.05. The van der Waals surface area contributed by atoms with Crippen LogP contribution in [0, 0.1) is 0 Å². The van der Waals surface area contributed by atoms with Gasteiger partial charge in [0.05, 0.1) is 6.10 Å². The lowest BCUT2D eigenvalue weighted by molar-refractivity contribution is -0.150. The Morgan fingerprint density at radius 2 is 1.93 bits per heavy atom. The third-order valence-corrected chi connectivity index (χ3v) is 2.94. The number of rotatable bonds is 3. The molecule has 1 aliphatic rings. The van der Waals surface area contributed by atoms with Gasteiger partial charge in [-0.15, -0.1) is 0 Å². The molecule has 86 valence electrons. The molecule has 0 radical (unpaired) electrons. The maximum absolute atomic E-state index is 11.2. The molecule has 0 unspecified atom stereocenters. The molecule has 15 heavy (non-hydrogen) atoms. The van der Waals surface area contributed by atoms with Gasteiger partial charge >= 0.3 is 5.97 Å². The molecule has 1 fully saturated rings. The molecule has 1 aliphatic carbocycles. The molecule has 1 rings (SSSR count). The number of carbonyl (C=O) groups excluding carboxylic acids is 1. The number of carboxylic acids is 1. The van der Waals surface area contributed by atoms with Gasteiger partial charge in [-0.2, -0.15) is 0 Å². The van der Waals surface area contributed by atoms with Crippen LogP contribution in [0.1, 0.15) is 32.6 Å². The van der Waals surface area contributed by atoms with Crippen molar-refractivity contribution in [3.05, 3.63) is 0 Å². The first-order chi connectivity index (χ1) is 7.00. The van der Waals surface area contributed by atoms with Crippen LogP contribution in [-0.4, -0.2) is 35.7 Å². The van der Waals surface area contributed by atoms with Crippen molar-refractivity contribution in [1.82, 2.24) is 5.32 Å². The van der Waals surface area contributed by atoms with Crippen LogP contribution in [-0.2, 0) is 14.3 Å². The Morgan fingerprint density at radius 1 is 1.40 bits per heavy atom. The number of carbonyl (C=O) groups is 2. The molecule has 0 bridgehead atoms. The van der Waals surface area contributed by atoms with Gasteiger partial charge in [0.25, 0.3) is 0 Å². The lowest BCUT2D eigenvalue weighted by Crippen LogP contribution is -2.56.